The molecular weight excluding hydrogens is 275 g/mol. The van der Waals surface area contributed by atoms with E-state index in [9.17, 15) is 4.39 Å². The van der Waals surface area contributed by atoms with Gasteiger partial charge < -0.3 is 5.32 Å². The highest BCUT2D eigenvalue weighted by Crippen LogP contribution is 2.41. The third-order valence-corrected chi connectivity index (χ3v) is 4.68. The molecule has 1 saturated carbocycles. The van der Waals surface area contributed by atoms with E-state index in [2.05, 4.69) is 16.3 Å². The van der Waals surface area contributed by atoms with E-state index in [0.29, 0.717) is 6.04 Å². The molecule has 2 fully saturated rings. The molecule has 1 aromatic rings. The SMILES string of the molecule is Cc1ccc([C@H](C2CCC2)N2CCNCC2)cc1F.Cl. The minimum atomic E-state index is -0.0584. The van der Waals surface area contributed by atoms with Crippen LogP contribution in [0.1, 0.15) is 36.4 Å². The molecule has 0 spiro atoms. The third kappa shape index (κ3) is 3.16. The van der Waals surface area contributed by atoms with E-state index in [0.717, 1.165) is 37.7 Å². The molecule has 2 aliphatic rings. The summed E-state index contributed by atoms with van der Waals surface area (Å²) in [5.74, 6) is 0.664. The number of aryl methyl sites for hydroxylation is 1. The van der Waals surface area contributed by atoms with Gasteiger partial charge in [0.2, 0.25) is 0 Å². The molecule has 0 aromatic heterocycles. The molecular formula is C16H24ClFN2. The van der Waals surface area contributed by atoms with Crippen LogP contribution in [-0.2, 0) is 0 Å². The van der Waals surface area contributed by atoms with Crippen LogP contribution in [0, 0.1) is 18.7 Å². The smallest absolute Gasteiger partial charge is 0.126 e. The second kappa shape index (κ2) is 6.88. The van der Waals surface area contributed by atoms with Crippen LogP contribution >= 0.6 is 12.4 Å². The van der Waals surface area contributed by atoms with Gasteiger partial charge in [0.1, 0.15) is 5.82 Å². The monoisotopic (exact) mass is 298 g/mol. The molecule has 2 nitrogen and oxygen atoms in total. The summed E-state index contributed by atoms with van der Waals surface area (Å²) in [7, 11) is 0. The summed E-state index contributed by atoms with van der Waals surface area (Å²) in [5.41, 5.74) is 1.92. The number of hydrogen-bond donors (Lipinski definition) is 1. The molecule has 1 atom stereocenters. The van der Waals surface area contributed by atoms with Crippen molar-refractivity contribution < 1.29 is 4.39 Å². The maximum absolute atomic E-state index is 13.9. The molecule has 1 aliphatic heterocycles. The molecule has 1 N–H and O–H groups in total. The van der Waals surface area contributed by atoms with Crippen LogP contribution in [0.4, 0.5) is 4.39 Å². The Morgan fingerprint density at radius 3 is 2.50 bits per heavy atom. The van der Waals surface area contributed by atoms with Crippen molar-refractivity contribution in [2.24, 2.45) is 5.92 Å². The minimum Gasteiger partial charge on any atom is -0.314 e. The molecule has 1 aliphatic carbocycles. The van der Waals surface area contributed by atoms with Gasteiger partial charge in [-0.05, 0) is 42.9 Å². The van der Waals surface area contributed by atoms with Gasteiger partial charge in [0.25, 0.3) is 0 Å². The van der Waals surface area contributed by atoms with Crippen molar-refractivity contribution in [3.8, 4) is 0 Å². The number of benzene rings is 1. The van der Waals surface area contributed by atoms with Crippen molar-refractivity contribution in [3.05, 3.63) is 35.1 Å². The Hall–Kier alpha value is -0.640. The largest absolute Gasteiger partial charge is 0.314 e. The molecule has 3 rings (SSSR count). The van der Waals surface area contributed by atoms with Gasteiger partial charge in [-0.15, -0.1) is 12.4 Å². The van der Waals surface area contributed by atoms with E-state index in [-0.39, 0.29) is 18.2 Å². The quantitative estimate of drug-likeness (QED) is 0.921. The van der Waals surface area contributed by atoms with Gasteiger partial charge in [0.15, 0.2) is 0 Å². The van der Waals surface area contributed by atoms with E-state index in [1.165, 1.54) is 24.8 Å². The molecule has 0 unspecified atom stereocenters. The second-order valence-corrected chi connectivity index (χ2v) is 5.93. The first-order valence-corrected chi connectivity index (χ1v) is 7.46. The number of hydrogen-bond acceptors (Lipinski definition) is 2. The number of halogens is 2. The van der Waals surface area contributed by atoms with Crippen LogP contribution in [0.2, 0.25) is 0 Å². The molecule has 4 heteroatoms. The Balaban J connectivity index is 0.00000147. The van der Waals surface area contributed by atoms with E-state index in [1.807, 2.05) is 13.0 Å². The average Bonchev–Trinajstić information content (AvgIpc) is 2.38. The van der Waals surface area contributed by atoms with Gasteiger partial charge in [-0.1, -0.05) is 18.6 Å². The van der Waals surface area contributed by atoms with Gasteiger partial charge >= 0.3 is 0 Å². The van der Waals surface area contributed by atoms with Gasteiger partial charge in [-0.25, -0.2) is 4.39 Å². The molecule has 1 heterocycles. The van der Waals surface area contributed by atoms with Crippen LogP contribution in [0.5, 0.6) is 0 Å². The van der Waals surface area contributed by atoms with Crippen molar-refractivity contribution >= 4 is 12.4 Å². The van der Waals surface area contributed by atoms with Gasteiger partial charge in [-0.2, -0.15) is 0 Å². The van der Waals surface area contributed by atoms with Crippen molar-refractivity contribution in [2.45, 2.75) is 32.2 Å². The van der Waals surface area contributed by atoms with Gasteiger partial charge in [0.05, 0.1) is 0 Å². The zero-order valence-electron chi connectivity index (χ0n) is 12.1. The maximum atomic E-state index is 13.9. The zero-order valence-corrected chi connectivity index (χ0v) is 12.9. The molecule has 112 valence electrons. The summed E-state index contributed by atoms with van der Waals surface area (Å²) < 4.78 is 13.9. The summed E-state index contributed by atoms with van der Waals surface area (Å²) in [6.07, 6.45) is 3.93. The van der Waals surface area contributed by atoms with Gasteiger partial charge in [0, 0.05) is 32.2 Å². The van der Waals surface area contributed by atoms with Crippen molar-refractivity contribution in [1.29, 1.82) is 0 Å². The number of rotatable bonds is 3. The van der Waals surface area contributed by atoms with Crippen molar-refractivity contribution in [1.82, 2.24) is 10.2 Å². The number of piperazine rings is 1. The van der Waals surface area contributed by atoms with Crippen molar-refractivity contribution in [3.63, 3.8) is 0 Å². The summed E-state index contributed by atoms with van der Waals surface area (Å²) >= 11 is 0. The first-order chi connectivity index (χ1) is 9.25. The molecule has 20 heavy (non-hydrogen) atoms. The normalized spacial score (nSPS) is 21.9. The van der Waals surface area contributed by atoms with Crippen LogP contribution in [0.25, 0.3) is 0 Å². The average molecular weight is 299 g/mol. The topological polar surface area (TPSA) is 15.3 Å². The Bertz CT molecular complexity index is 442. The lowest BCUT2D eigenvalue weighted by Gasteiger charge is -2.43. The maximum Gasteiger partial charge on any atom is 0.126 e. The lowest BCUT2D eigenvalue weighted by molar-refractivity contribution is 0.0835. The first-order valence-electron chi connectivity index (χ1n) is 7.46. The first kappa shape index (κ1) is 15.7. The summed E-state index contributed by atoms with van der Waals surface area (Å²) in [4.78, 5) is 2.55. The van der Waals surface area contributed by atoms with E-state index < -0.39 is 0 Å². The van der Waals surface area contributed by atoms with Crippen LogP contribution in [-0.4, -0.2) is 31.1 Å². The third-order valence-electron chi connectivity index (χ3n) is 4.68. The number of nitrogens with zero attached hydrogens (tertiary/aromatic N) is 1. The molecule has 1 aromatic carbocycles. The van der Waals surface area contributed by atoms with Gasteiger partial charge in [-0.3, -0.25) is 4.90 Å². The lowest BCUT2D eigenvalue weighted by Crippen LogP contribution is -2.47. The summed E-state index contributed by atoms with van der Waals surface area (Å²) in [6, 6.07) is 6.24. The van der Waals surface area contributed by atoms with Crippen LogP contribution < -0.4 is 5.32 Å². The lowest BCUT2D eigenvalue weighted by atomic mass is 9.76. The molecule has 0 amide bonds. The van der Waals surface area contributed by atoms with Crippen LogP contribution in [0.15, 0.2) is 18.2 Å². The fourth-order valence-electron chi connectivity index (χ4n) is 3.29. The highest BCUT2D eigenvalue weighted by atomic mass is 35.5. The summed E-state index contributed by atoms with van der Waals surface area (Å²) in [6.45, 7) is 6.10. The highest BCUT2D eigenvalue weighted by Gasteiger charge is 2.33. The van der Waals surface area contributed by atoms with Crippen molar-refractivity contribution in [2.75, 3.05) is 26.2 Å². The Morgan fingerprint density at radius 1 is 1.25 bits per heavy atom. The standard InChI is InChI=1S/C16H23FN2.ClH/c1-12-5-6-14(11-15(12)17)16(13-3-2-4-13)19-9-7-18-8-10-19;/h5-6,11,13,16,18H,2-4,7-10H2,1H3;1H/t16-;/m0./s1. The molecule has 1 saturated heterocycles. The highest BCUT2D eigenvalue weighted by molar-refractivity contribution is 5.85. The zero-order chi connectivity index (χ0) is 13.2. The Kier molecular flexibility index (Phi) is 5.42. The fraction of sp³-hybridized carbons (Fsp3) is 0.625. The van der Waals surface area contributed by atoms with E-state index >= 15 is 0 Å². The fourth-order valence-corrected chi connectivity index (χ4v) is 3.29. The second-order valence-electron chi connectivity index (χ2n) is 5.93. The Labute approximate surface area is 127 Å². The Morgan fingerprint density at radius 2 is 1.95 bits per heavy atom. The number of nitrogens with one attached hydrogen (secondary N) is 1. The van der Waals surface area contributed by atoms with E-state index in [4.69, 9.17) is 0 Å². The van der Waals surface area contributed by atoms with E-state index in [1.54, 1.807) is 6.07 Å². The predicted molar refractivity (Wildman–Crippen MR) is 82.9 cm³/mol. The molecule has 0 radical (unpaired) electrons. The predicted octanol–water partition coefficient (Wildman–Crippen LogP) is 3.30. The summed E-state index contributed by atoms with van der Waals surface area (Å²) in [5, 5.41) is 3.40. The minimum absolute atomic E-state index is 0. The molecule has 0 bridgehead atoms. The van der Waals surface area contributed by atoms with Crippen LogP contribution in [0.3, 0.4) is 0 Å².